The highest BCUT2D eigenvalue weighted by atomic mass is 16.4. The lowest BCUT2D eigenvalue weighted by atomic mass is 9.69. The zero-order valence-electron chi connectivity index (χ0n) is 9.11. The number of nitrogens with zero attached hydrogens (tertiary/aromatic N) is 1. The van der Waals surface area contributed by atoms with Gasteiger partial charge < -0.3 is 15.3 Å². The fourth-order valence-electron chi connectivity index (χ4n) is 2.07. The highest BCUT2D eigenvalue weighted by molar-refractivity contribution is 5.79. The Hall–Kier alpha value is -1.52. The quantitative estimate of drug-likeness (QED) is 0.697. The molecule has 2 rings (SSSR count). The molecule has 0 atom stereocenters. The molecule has 16 heavy (non-hydrogen) atoms. The topological polar surface area (TPSA) is 69.6 Å². The highest BCUT2D eigenvalue weighted by Crippen LogP contribution is 2.40. The van der Waals surface area contributed by atoms with Gasteiger partial charge in [-0.1, -0.05) is 18.6 Å². The number of carboxylic acids is 1. The Labute approximate surface area is 94.1 Å². The molecule has 1 aliphatic heterocycles. The summed E-state index contributed by atoms with van der Waals surface area (Å²) in [5.74, 6) is -0.793. The van der Waals surface area contributed by atoms with E-state index in [0.717, 1.165) is 6.42 Å². The number of carbonyl (C=O) groups is 2. The third kappa shape index (κ3) is 1.89. The van der Waals surface area contributed by atoms with E-state index in [2.05, 4.69) is 5.32 Å². The van der Waals surface area contributed by atoms with Gasteiger partial charge in [0.1, 0.15) is 0 Å². The Morgan fingerprint density at radius 2 is 1.94 bits per heavy atom. The number of hydrogen-bond acceptors (Lipinski definition) is 2. The van der Waals surface area contributed by atoms with E-state index in [-0.39, 0.29) is 12.6 Å². The Bertz CT molecular complexity index is 326. The fraction of sp³-hybridized carbons (Fsp3) is 0.636. The van der Waals surface area contributed by atoms with Gasteiger partial charge in [-0.2, -0.15) is 0 Å². The zero-order valence-corrected chi connectivity index (χ0v) is 9.11. The van der Waals surface area contributed by atoms with Gasteiger partial charge in [-0.3, -0.25) is 4.79 Å². The van der Waals surface area contributed by atoms with E-state index in [1.807, 2.05) is 12.2 Å². The van der Waals surface area contributed by atoms with Crippen molar-refractivity contribution >= 4 is 12.0 Å². The summed E-state index contributed by atoms with van der Waals surface area (Å²) in [5, 5.41) is 11.8. The summed E-state index contributed by atoms with van der Waals surface area (Å²) in [6, 6.07) is -0.169. The van der Waals surface area contributed by atoms with Crippen molar-refractivity contribution in [3.05, 3.63) is 12.2 Å². The van der Waals surface area contributed by atoms with Gasteiger partial charge in [-0.05, 0) is 12.8 Å². The van der Waals surface area contributed by atoms with E-state index in [4.69, 9.17) is 5.11 Å². The number of amides is 2. The van der Waals surface area contributed by atoms with Crippen molar-refractivity contribution in [1.82, 2.24) is 10.2 Å². The average Bonchev–Trinajstić information content (AvgIpc) is 2.67. The number of nitrogens with one attached hydrogen (secondary N) is 1. The van der Waals surface area contributed by atoms with Crippen molar-refractivity contribution in [3.8, 4) is 0 Å². The summed E-state index contributed by atoms with van der Waals surface area (Å²) in [5.41, 5.74) is -0.706. The molecule has 0 spiro atoms. The molecular weight excluding hydrogens is 208 g/mol. The van der Waals surface area contributed by atoms with Gasteiger partial charge in [0, 0.05) is 19.6 Å². The zero-order chi connectivity index (χ0) is 11.6. The molecule has 0 saturated heterocycles. The Balaban J connectivity index is 1.82. The van der Waals surface area contributed by atoms with Gasteiger partial charge in [0.05, 0.1) is 5.41 Å². The molecule has 1 heterocycles. The normalized spacial score (nSPS) is 21.6. The van der Waals surface area contributed by atoms with Crippen LogP contribution in [-0.4, -0.2) is 41.6 Å². The summed E-state index contributed by atoms with van der Waals surface area (Å²) >= 11 is 0. The summed E-state index contributed by atoms with van der Waals surface area (Å²) in [4.78, 5) is 24.3. The van der Waals surface area contributed by atoms with E-state index in [0.29, 0.717) is 25.9 Å². The third-order valence-corrected chi connectivity index (χ3v) is 3.45. The van der Waals surface area contributed by atoms with Crippen molar-refractivity contribution < 1.29 is 14.7 Å². The van der Waals surface area contributed by atoms with Crippen LogP contribution in [0.5, 0.6) is 0 Å². The number of carboxylic acid groups (broad SMARTS) is 1. The van der Waals surface area contributed by atoms with Crippen LogP contribution in [0.2, 0.25) is 0 Å². The second-order valence-corrected chi connectivity index (χ2v) is 4.47. The third-order valence-electron chi connectivity index (χ3n) is 3.45. The van der Waals surface area contributed by atoms with Crippen LogP contribution in [0.25, 0.3) is 0 Å². The molecule has 5 nitrogen and oxygen atoms in total. The molecule has 5 heteroatoms. The standard InChI is InChI=1S/C11H16N2O3/c14-9(15)11(4-3-5-11)8-12-10(16)13-6-1-2-7-13/h1-2H,3-8H2,(H,12,16)(H,14,15). The molecule has 0 bridgehead atoms. The second-order valence-electron chi connectivity index (χ2n) is 4.47. The molecule has 0 aromatic carbocycles. The number of urea groups is 1. The lowest BCUT2D eigenvalue weighted by molar-refractivity contribution is -0.153. The minimum atomic E-state index is -0.793. The molecule has 2 aliphatic rings. The smallest absolute Gasteiger partial charge is 0.317 e. The minimum absolute atomic E-state index is 0.169. The van der Waals surface area contributed by atoms with Crippen LogP contribution in [0.15, 0.2) is 12.2 Å². The van der Waals surface area contributed by atoms with Crippen molar-refractivity contribution in [2.75, 3.05) is 19.6 Å². The van der Waals surface area contributed by atoms with Crippen LogP contribution in [0.1, 0.15) is 19.3 Å². The molecule has 2 amide bonds. The highest BCUT2D eigenvalue weighted by Gasteiger charge is 2.44. The summed E-state index contributed by atoms with van der Waals surface area (Å²) in [6.07, 6.45) is 6.13. The van der Waals surface area contributed by atoms with Crippen molar-refractivity contribution in [1.29, 1.82) is 0 Å². The first-order valence-corrected chi connectivity index (χ1v) is 5.55. The maximum absolute atomic E-state index is 11.6. The first kappa shape index (κ1) is 11.0. The summed E-state index contributed by atoms with van der Waals surface area (Å²) in [7, 11) is 0. The SMILES string of the molecule is O=C(NCC1(C(=O)O)CCC1)N1CC=CC1. The number of hydrogen-bond donors (Lipinski definition) is 2. The van der Waals surface area contributed by atoms with Gasteiger partial charge in [-0.15, -0.1) is 0 Å². The van der Waals surface area contributed by atoms with Crippen molar-refractivity contribution in [2.45, 2.75) is 19.3 Å². The van der Waals surface area contributed by atoms with Crippen LogP contribution < -0.4 is 5.32 Å². The lowest BCUT2D eigenvalue weighted by Crippen LogP contribution is -2.50. The van der Waals surface area contributed by atoms with Gasteiger partial charge in [0.2, 0.25) is 0 Å². The molecule has 88 valence electrons. The summed E-state index contributed by atoms with van der Waals surface area (Å²) < 4.78 is 0. The summed E-state index contributed by atoms with van der Waals surface area (Å²) in [6.45, 7) is 1.48. The van der Waals surface area contributed by atoms with Gasteiger partial charge in [-0.25, -0.2) is 4.79 Å². The van der Waals surface area contributed by atoms with E-state index in [1.165, 1.54) is 0 Å². The molecular formula is C11H16N2O3. The maximum Gasteiger partial charge on any atom is 0.317 e. The van der Waals surface area contributed by atoms with E-state index >= 15 is 0 Å². The minimum Gasteiger partial charge on any atom is -0.481 e. The fourth-order valence-corrected chi connectivity index (χ4v) is 2.07. The number of aliphatic carboxylic acids is 1. The largest absolute Gasteiger partial charge is 0.481 e. The first-order chi connectivity index (χ1) is 7.64. The number of carbonyl (C=O) groups excluding carboxylic acids is 1. The molecule has 0 aromatic heterocycles. The van der Waals surface area contributed by atoms with Crippen LogP contribution >= 0.6 is 0 Å². The number of rotatable bonds is 3. The molecule has 0 aromatic rings. The predicted molar refractivity (Wildman–Crippen MR) is 58.0 cm³/mol. The van der Waals surface area contributed by atoms with E-state index < -0.39 is 11.4 Å². The molecule has 2 N–H and O–H groups in total. The monoisotopic (exact) mass is 224 g/mol. The van der Waals surface area contributed by atoms with Gasteiger partial charge in [0.25, 0.3) is 0 Å². The van der Waals surface area contributed by atoms with E-state index in [1.54, 1.807) is 4.90 Å². The van der Waals surface area contributed by atoms with Crippen molar-refractivity contribution in [2.24, 2.45) is 5.41 Å². The molecule has 0 radical (unpaired) electrons. The first-order valence-electron chi connectivity index (χ1n) is 5.55. The Morgan fingerprint density at radius 1 is 1.31 bits per heavy atom. The molecule has 1 aliphatic carbocycles. The van der Waals surface area contributed by atoms with Crippen molar-refractivity contribution in [3.63, 3.8) is 0 Å². The van der Waals surface area contributed by atoms with Gasteiger partial charge in [0.15, 0.2) is 0 Å². The van der Waals surface area contributed by atoms with Crippen LogP contribution in [-0.2, 0) is 4.79 Å². The molecule has 1 saturated carbocycles. The predicted octanol–water partition coefficient (Wildman–Crippen LogP) is 0.823. The van der Waals surface area contributed by atoms with Crippen LogP contribution in [0, 0.1) is 5.41 Å². The molecule has 1 fully saturated rings. The van der Waals surface area contributed by atoms with Crippen LogP contribution in [0.3, 0.4) is 0 Å². The molecule has 0 unspecified atom stereocenters. The second kappa shape index (κ2) is 4.15. The van der Waals surface area contributed by atoms with E-state index in [9.17, 15) is 9.59 Å². The Kier molecular flexibility index (Phi) is 2.85. The Morgan fingerprint density at radius 3 is 2.38 bits per heavy atom. The van der Waals surface area contributed by atoms with Crippen LogP contribution in [0.4, 0.5) is 4.79 Å². The van der Waals surface area contributed by atoms with Gasteiger partial charge >= 0.3 is 12.0 Å². The average molecular weight is 224 g/mol. The maximum atomic E-state index is 11.6. The lowest BCUT2D eigenvalue weighted by Gasteiger charge is -2.37.